The average Bonchev–Trinajstić information content (AvgIpc) is 3.36. The van der Waals surface area contributed by atoms with Crippen molar-refractivity contribution in [2.24, 2.45) is 0 Å². The van der Waals surface area contributed by atoms with E-state index in [4.69, 9.17) is 13.9 Å². The van der Waals surface area contributed by atoms with Crippen molar-refractivity contribution < 1.29 is 13.9 Å². The van der Waals surface area contributed by atoms with Gasteiger partial charge in [0.2, 0.25) is 11.8 Å². The van der Waals surface area contributed by atoms with Crippen molar-refractivity contribution in [1.29, 1.82) is 0 Å². The molecule has 1 aliphatic rings. The second kappa shape index (κ2) is 6.59. The van der Waals surface area contributed by atoms with Gasteiger partial charge in [-0.05, 0) is 37.2 Å². The summed E-state index contributed by atoms with van der Waals surface area (Å²) >= 11 is 0. The third kappa shape index (κ3) is 3.11. The van der Waals surface area contributed by atoms with Gasteiger partial charge in [0, 0.05) is 12.1 Å². The molecule has 1 unspecified atom stereocenters. The molecule has 24 heavy (non-hydrogen) atoms. The van der Waals surface area contributed by atoms with Gasteiger partial charge >= 0.3 is 0 Å². The van der Waals surface area contributed by atoms with Crippen molar-refractivity contribution >= 4 is 0 Å². The fraction of sp³-hybridized carbons (Fsp3) is 0.333. The van der Waals surface area contributed by atoms with E-state index in [0.29, 0.717) is 17.5 Å². The van der Waals surface area contributed by atoms with Crippen LogP contribution >= 0.6 is 0 Å². The van der Waals surface area contributed by atoms with Crippen molar-refractivity contribution in [1.82, 2.24) is 15.1 Å². The number of rotatable bonds is 5. The molecule has 1 saturated heterocycles. The van der Waals surface area contributed by atoms with Gasteiger partial charge in [-0.3, -0.25) is 4.90 Å². The van der Waals surface area contributed by atoms with Gasteiger partial charge in [-0.2, -0.15) is 0 Å². The van der Waals surface area contributed by atoms with Crippen LogP contribution in [0.15, 0.2) is 51.3 Å². The van der Waals surface area contributed by atoms with Crippen molar-refractivity contribution in [3.63, 3.8) is 0 Å². The van der Waals surface area contributed by atoms with E-state index >= 15 is 0 Å². The van der Waals surface area contributed by atoms with Gasteiger partial charge in [-0.1, -0.05) is 18.2 Å². The fourth-order valence-electron chi connectivity index (χ4n) is 3.09. The quantitative estimate of drug-likeness (QED) is 0.777. The van der Waals surface area contributed by atoms with E-state index in [1.165, 1.54) is 0 Å². The summed E-state index contributed by atoms with van der Waals surface area (Å²) in [5.41, 5.74) is 0.943. The molecule has 0 bridgehead atoms. The van der Waals surface area contributed by atoms with Crippen LogP contribution in [0.25, 0.3) is 11.5 Å². The molecule has 0 spiro atoms. The molecule has 2 aromatic heterocycles. The zero-order valence-electron chi connectivity index (χ0n) is 13.3. The Morgan fingerprint density at radius 2 is 1.88 bits per heavy atom. The first-order chi connectivity index (χ1) is 11.8. The van der Waals surface area contributed by atoms with E-state index in [1.54, 1.807) is 0 Å². The average molecular weight is 325 g/mol. The van der Waals surface area contributed by atoms with Crippen LogP contribution in [-0.4, -0.2) is 33.3 Å². The number of aromatic nitrogens is 2. The van der Waals surface area contributed by atoms with Gasteiger partial charge < -0.3 is 13.9 Å². The minimum Gasteiger partial charge on any atom is -0.462 e. The highest BCUT2D eigenvalue weighted by molar-refractivity contribution is 5.51. The van der Waals surface area contributed by atoms with Gasteiger partial charge in [-0.25, -0.2) is 0 Å². The Balaban J connectivity index is 1.41. The summed E-state index contributed by atoms with van der Waals surface area (Å²) in [5, 5.41) is 17.5. The molecule has 4 rings (SSSR count). The molecule has 1 atom stereocenters. The number of furan rings is 1. The van der Waals surface area contributed by atoms with E-state index in [2.05, 4.69) is 15.1 Å². The van der Waals surface area contributed by atoms with Crippen LogP contribution in [0.4, 0.5) is 0 Å². The van der Waals surface area contributed by atoms with Crippen molar-refractivity contribution in [2.75, 3.05) is 13.1 Å². The number of hydrogen-bond acceptors (Lipinski definition) is 6. The van der Waals surface area contributed by atoms with Crippen LogP contribution < -0.4 is 0 Å². The maximum atomic E-state index is 9.06. The van der Waals surface area contributed by atoms with Gasteiger partial charge in [-0.15, -0.1) is 10.2 Å². The minimum atomic E-state index is -0.0626. The molecular formula is C18H19N3O3. The fourth-order valence-corrected chi connectivity index (χ4v) is 3.09. The largest absolute Gasteiger partial charge is 0.462 e. The van der Waals surface area contributed by atoms with Crippen LogP contribution in [0.5, 0.6) is 0 Å². The second-order valence-electron chi connectivity index (χ2n) is 6.06. The van der Waals surface area contributed by atoms with Crippen LogP contribution in [0.1, 0.15) is 29.7 Å². The van der Waals surface area contributed by atoms with Crippen molar-refractivity contribution in [3.05, 3.63) is 59.9 Å². The molecule has 124 valence electrons. The van der Waals surface area contributed by atoms with Crippen molar-refractivity contribution in [2.45, 2.75) is 25.5 Å². The monoisotopic (exact) mass is 325 g/mol. The van der Waals surface area contributed by atoms with E-state index in [-0.39, 0.29) is 12.5 Å². The van der Waals surface area contributed by atoms with Crippen LogP contribution in [0.2, 0.25) is 0 Å². The number of aliphatic hydroxyl groups is 1. The summed E-state index contributed by atoms with van der Waals surface area (Å²) < 4.78 is 11.4. The number of aliphatic hydroxyl groups excluding tert-OH is 1. The molecule has 0 amide bonds. The Morgan fingerprint density at radius 1 is 1.04 bits per heavy atom. The molecule has 3 heterocycles. The lowest BCUT2D eigenvalue weighted by Crippen LogP contribution is -2.19. The SMILES string of the molecule is OCc1ccc(CN2CCC(c3nnc(-c4ccccc4)o3)C2)o1. The maximum absolute atomic E-state index is 9.06. The number of hydrogen-bond donors (Lipinski definition) is 1. The first-order valence-corrected chi connectivity index (χ1v) is 8.11. The lowest BCUT2D eigenvalue weighted by Gasteiger charge is -2.13. The van der Waals surface area contributed by atoms with Crippen LogP contribution in [0, 0.1) is 0 Å². The normalized spacial score (nSPS) is 18.3. The Bertz CT molecular complexity index is 797. The predicted octanol–water partition coefficient (Wildman–Crippen LogP) is 2.81. The Kier molecular flexibility index (Phi) is 4.15. The van der Waals surface area contributed by atoms with E-state index in [0.717, 1.165) is 37.4 Å². The third-order valence-electron chi connectivity index (χ3n) is 4.34. The molecule has 1 N–H and O–H groups in total. The highest BCUT2D eigenvalue weighted by atomic mass is 16.4. The summed E-state index contributed by atoms with van der Waals surface area (Å²) in [6.45, 7) is 2.50. The molecular weight excluding hydrogens is 306 g/mol. The summed E-state index contributed by atoms with van der Waals surface area (Å²) in [6.07, 6.45) is 0.990. The Morgan fingerprint density at radius 3 is 2.67 bits per heavy atom. The Labute approximate surface area is 139 Å². The van der Waals surface area contributed by atoms with Gasteiger partial charge in [0.25, 0.3) is 0 Å². The predicted molar refractivity (Wildman–Crippen MR) is 87.0 cm³/mol. The molecule has 1 aromatic carbocycles. The van der Waals surface area contributed by atoms with E-state index < -0.39 is 0 Å². The molecule has 0 aliphatic carbocycles. The lowest BCUT2D eigenvalue weighted by atomic mass is 10.1. The molecule has 0 saturated carbocycles. The van der Waals surface area contributed by atoms with Crippen LogP contribution in [-0.2, 0) is 13.2 Å². The molecule has 3 aromatic rings. The maximum Gasteiger partial charge on any atom is 0.247 e. The van der Waals surface area contributed by atoms with Gasteiger partial charge in [0.15, 0.2) is 0 Å². The van der Waals surface area contributed by atoms with Gasteiger partial charge in [0.05, 0.1) is 12.5 Å². The summed E-state index contributed by atoms with van der Waals surface area (Å²) in [7, 11) is 0. The molecule has 1 aliphatic heterocycles. The van der Waals surface area contributed by atoms with Gasteiger partial charge in [0.1, 0.15) is 18.1 Å². The zero-order valence-corrected chi connectivity index (χ0v) is 13.3. The Hall–Kier alpha value is -2.44. The number of nitrogens with zero attached hydrogens (tertiary/aromatic N) is 3. The first-order valence-electron chi connectivity index (χ1n) is 8.11. The van der Waals surface area contributed by atoms with Crippen molar-refractivity contribution in [3.8, 4) is 11.5 Å². The van der Waals surface area contributed by atoms with E-state index in [9.17, 15) is 0 Å². The van der Waals surface area contributed by atoms with E-state index in [1.807, 2.05) is 42.5 Å². The molecule has 6 heteroatoms. The summed E-state index contributed by atoms with van der Waals surface area (Å²) in [5.74, 6) is 3.00. The molecule has 0 radical (unpaired) electrons. The first kappa shape index (κ1) is 15.1. The standard InChI is InChI=1S/C18H19N3O3/c22-12-16-7-6-15(23-16)11-21-9-8-14(10-21)18-20-19-17(24-18)13-4-2-1-3-5-13/h1-7,14,22H,8-12H2. The zero-order chi connectivity index (χ0) is 16.4. The smallest absolute Gasteiger partial charge is 0.247 e. The minimum absolute atomic E-state index is 0.0626. The second-order valence-corrected chi connectivity index (χ2v) is 6.06. The topological polar surface area (TPSA) is 75.5 Å². The summed E-state index contributed by atoms with van der Waals surface area (Å²) in [6, 6.07) is 13.5. The third-order valence-corrected chi connectivity index (χ3v) is 4.34. The highest BCUT2D eigenvalue weighted by Crippen LogP contribution is 2.29. The lowest BCUT2D eigenvalue weighted by molar-refractivity contribution is 0.231. The summed E-state index contributed by atoms with van der Waals surface area (Å²) in [4.78, 5) is 2.30. The number of likely N-dealkylation sites (tertiary alicyclic amines) is 1. The highest BCUT2D eigenvalue weighted by Gasteiger charge is 2.28. The number of benzene rings is 1. The molecule has 1 fully saturated rings. The van der Waals surface area contributed by atoms with Crippen LogP contribution in [0.3, 0.4) is 0 Å². The molecule has 6 nitrogen and oxygen atoms in total.